The minimum absolute atomic E-state index is 0. The molecule has 1 aromatic rings. The molecule has 2 fully saturated rings. The number of para-hydroxylation sites is 1. The summed E-state index contributed by atoms with van der Waals surface area (Å²) in [5, 5.41) is 14.4. The molecule has 1 atom stereocenters. The zero-order valence-corrected chi connectivity index (χ0v) is 14.3. The lowest BCUT2D eigenvalue weighted by molar-refractivity contribution is -0.385. The molecule has 3 rings (SSSR count). The van der Waals surface area contributed by atoms with Gasteiger partial charge in [-0.1, -0.05) is 18.2 Å². The molecule has 1 N–H and O–H groups in total. The number of nitrogens with one attached hydrogen (secondary N) is 1. The number of nitro groups is 1. The van der Waals surface area contributed by atoms with Crippen LogP contribution in [0.25, 0.3) is 0 Å². The van der Waals surface area contributed by atoms with Crippen molar-refractivity contribution in [1.82, 2.24) is 15.1 Å². The first kappa shape index (κ1) is 18.6. The van der Waals surface area contributed by atoms with Crippen LogP contribution < -0.4 is 5.32 Å². The number of piperazine rings is 1. The van der Waals surface area contributed by atoms with Crippen molar-refractivity contribution >= 4 is 24.0 Å². The smallest absolute Gasteiger partial charge is 0.273 e. The second-order valence-corrected chi connectivity index (χ2v) is 6.13. The number of benzene rings is 1. The average molecular weight is 355 g/mol. The fourth-order valence-corrected chi connectivity index (χ4v) is 3.43. The molecule has 1 unspecified atom stereocenters. The quantitative estimate of drug-likeness (QED) is 0.646. The van der Waals surface area contributed by atoms with Gasteiger partial charge in [0.2, 0.25) is 5.91 Å². The van der Waals surface area contributed by atoms with Crippen LogP contribution in [0.15, 0.2) is 24.3 Å². The first-order valence-corrected chi connectivity index (χ1v) is 8.10. The molecule has 2 aliphatic heterocycles. The highest BCUT2D eigenvalue weighted by atomic mass is 35.5. The fourth-order valence-electron chi connectivity index (χ4n) is 3.43. The molecule has 0 aliphatic carbocycles. The van der Waals surface area contributed by atoms with E-state index in [1.165, 1.54) is 6.07 Å². The van der Waals surface area contributed by atoms with Crippen LogP contribution in [-0.4, -0.2) is 65.9 Å². The lowest BCUT2D eigenvalue weighted by atomic mass is 10.1. The molecular formula is C16H23ClN4O3. The second kappa shape index (κ2) is 8.41. The summed E-state index contributed by atoms with van der Waals surface area (Å²) in [6, 6.07) is 6.91. The minimum Gasteiger partial charge on any atom is -0.341 e. The van der Waals surface area contributed by atoms with Gasteiger partial charge in [-0.2, -0.15) is 0 Å². The Morgan fingerprint density at radius 1 is 1.25 bits per heavy atom. The highest BCUT2D eigenvalue weighted by Crippen LogP contribution is 2.21. The Morgan fingerprint density at radius 3 is 2.67 bits per heavy atom. The third-order valence-corrected chi connectivity index (χ3v) is 4.71. The van der Waals surface area contributed by atoms with E-state index in [0.29, 0.717) is 11.6 Å². The fraction of sp³-hybridized carbons (Fsp3) is 0.562. The molecule has 7 nitrogen and oxygen atoms in total. The van der Waals surface area contributed by atoms with Gasteiger partial charge in [0, 0.05) is 56.9 Å². The summed E-state index contributed by atoms with van der Waals surface area (Å²) in [7, 11) is 0. The summed E-state index contributed by atoms with van der Waals surface area (Å²) in [5.74, 6) is -0.0167. The maximum absolute atomic E-state index is 12.5. The first-order chi connectivity index (χ1) is 11.1. The zero-order valence-electron chi connectivity index (χ0n) is 13.5. The monoisotopic (exact) mass is 354 g/mol. The molecule has 0 saturated carbocycles. The molecule has 2 aliphatic rings. The largest absolute Gasteiger partial charge is 0.341 e. The normalized spacial score (nSPS) is 21.3. The van der Waals surface area contributed by atoms with Gasteiger partial charge in [-0.25, -0.2) is 0 Å². The maximum atomic E-state index is 12.5. The van der Waals surface area contributed by atoms with E-state index in [9.17, 15) is 14.9 Å². The van der Waals surface area contributed by atoms with Crippen molar-refractivity contribution in [2.45, 2.75) is 18.9 Å². The van der Waals surface area contributed by atoms with E-state index in [-0.39, 0.29) is 30.4 Å². The van der Waals surface area contributed by atoms with Crippen LogP contribution >= 0.6 is 12.4 Å². The van der Waals surface area contributed by atoms with Crippen LogP contribution in [0.2, 0.25) is 0 Å². The number of rotatable bonds is 4. The van der Waals surface area contributed by atoms with Gasteiger partial charge >= 0.3 is 0 Å². The van der Waals surface area contributed by atoms with Crippen LogP contribution in [0, 0.1) is 10.1 Å². The molecule has 0 bridgehead atoms. The summed E-state index contributed by atoms with van der Waals surface area (Å²) in [6.07, 6.45) is 1.09. The third kappa shape index (κ3) is 4.23. The van der Waals surface area contributed by atoms with Crippen LogP contribution in [-0.2, 0) is 11.2 Å². The first-order valence-electron chi connectivity index (χ1n) is 8.10. The molecule has 24 heavy (non-hydrogen) atoms. The molecule has 132 valence electrons. The summed E-state index contributed by atoms with van der Waals surface area (Å²) >= 11 is 0. The number of likely N-dealkylation sites (tertiary alicyclic amines) is 1. The predicted molar refractivity (Wildman–Crippen MR) is 93.5 cm³/mol. The van der Waals surface area contributed by atoms with Crippen LogP contribution in [0.3, 0.4) is 0 Å². The Hall–Kier alpha value is -1.70. The summed E-state index contributed by atoms with van der Waals surface area (Å²) in [4.78, 5) is 27.4. The SMILES string of the molecule is Cl.O=C(Cc1ccccc1[N+](=O)[O-])N1CCC(N2CCNCC2)C1. The molecule has 0 aromatic heterocycles. The average Bonchev–Trinajstić information content (AvgIpc) is 3.06. The Morgan fingerprint density at radius 2 is 1.96 bits per heavy atom. The predicted octanol–water partition coefficient (Wildman–Crippen LogP) is 1.07. The number of carbonyl (C=O) groups is 1. The summed E-state index contributed by atoms with van der Waals surface area (Å²) in [5.41, 5.74) is 0.520. The molecule has 0 spiro atoms. The molecule has 1 amide bonds. The molecule has 0 radical (unpaired) electrons. The van der Waals surface area contributed by atoms with Crippen molar-refractivity contribution in [2.75, 3.05) is 39.3 Å². The Bertz CT molecular complexity index is 592. The summed E-state index contributed by atoms with van der Waals surface area (Å²) < 4.78 is 0. The minimum atomic E-state index is -0.421. The number of hydrogen-bond acceptors (Lipinski definition) is 5. The lowest BCUT2D eigenvalue weighted by Gasteiger charge is -2.32. The molecule has 2 saturated heterocycles. The van der Waals surface area contributed by atoms with Gasteiger partial charge < -0.3 is 10.2 Å². The molecule has 1 aromatic carbocycles. The third-order valence-electron chi connectivity index (χ3n) is 4.71. The Kier molecular flexibility index (Phi) is 6.53. The number of hydrogen-bond donors (Lipinski definition) is 1. The zero-order chi connectivity index (χ0) is 16.2. The second-order valence-electron chi connectivity index (χ2n) is 6.13. The van der Waals surface area contributed by atoms with E-state index in [4.69, 9.17) is 0 Å². The van der Waals surface area contributed by atoms with Crippen molar-refractivity contribution in [1.29, 1.82) is 0 Å². The topological polar surface area (TPSA) is 78.7 Å². The Labute approximate surface area is 147 Å². The van der Waals surface area contributed by atoms with Gasteiger partial charge in [-0.15, -0.1) is 12.4 Å². The van der Waals surface area contributed by atoms with Crippen LogP contribution in [0.1, 0.15) is 12.0 Å². The van der Waals surface area contributed by atoms with Crippen LogP contribution in [0.5, 0.6) is 0 Å². The molecular weight excluding hydrogens is 332 g/mol. The van der Waals surface area contributed by atoms with Crippen LogP contribution in [0.4, 0.5) is 5.69 Å². The van der Waals surface area contributed by atoms with Gasteiger partial charge in [0.1, 0.15) is 0 Å². The van der Waals surface area contributed by atoms with Gasteiger partial charge in [-0.05, 0) is 6.42 Å². The standard InChI is InChI=1S/C16H22N4O3.ClH/c21-16(11-13-3-1-2-4-15(13)20(22)23)19-8-5-14(12-19)18-9-6-17-7-10-18;/h1-4,14,17H,5-12H2;1H. The van der Waals surface area contributed by atoms with Crippen molar-refractivity contribution in [3.05, 3.63) is 39.9 Å². The van der Waals surface area contributed by atoms with Gasteiger partial charge in [0.05, 0.1) is 11.3 Å². The maximum Gasteiger partial charge on any atom is 0.273 e. The molecule has 2 heterocycles. The van der Waals surface area contributed by atoms with Crippen molar-refractivity contribution in [3.8, 4) is 0 Å². The summed E-state index contributed by atoms with van der Waals surface area (Å²) in [6.45, 7) is 5.53. The lowest BCUT2D eigenvalue weighted by Crippen LogP contribution is -2.49. The number of amides is 1. The van der Waals surface area contributed by atoms with E-state index in [1.54, 1.807) is 18.2 Å². The van der Waals surface area contributed by atoms with Gasteiger partial charge in [0.25, 0.3) is 5.69 Å². The van der Waals surface area contributed by atoms with Crippen molar-refractivity contribution < 1.29 is 9.72 Å². The van der Waals surface area contributed by atoms with Gasteiger partial charge in [-0.3, -0.25) is 19.8 Å². The van der Waals surface area contributed by atoms with E-state index in [0.717, 1.165) is 45.7 Å². The van der Waals surface area contributed by atoms with Crippen molar-refractivity contribution in [2.24, 2.45) is 0 Å². The number of nitrogens with zero attached hydrogens (tertiary/aromatic N) is 3. The Balaban J connectivity index is 0.00000208. The van der Waals surface area contributed by atoms with E-state index >= 15 is 0 Å². The van der Waals surface area contributed by atoms with E-state index in [1.807, 2.05) is 4.90 Å². The molecule has 8 heteroatoms. The number of carbonyl (C=O) groups excluding carboxylic acids is 1. The number of nitro benzene ring substituents is 1. The highest BCUT2D eigenvalue weighted by Gasteiger charge is 2.31. The number of halogens is 1. The van der Waals surface area contributed by atoms with Crippen molar-refractivity contribution in [3.63, 3.8) is 0 Å². The van der Waals surface area contributed by atoms with Gasteiger partial charge in [0.15, 0.2) is 0 Å². The van der Waals surface area contributed by atoms with E-state index in [2.05, 4.69) is 10.2 Å². The highest BCUT2D eigenvalue weighted by molar-refractivity contribution is 5.85. The van der Waals surface area contributed by atoms with E-state index < -0.39 is 4.92 Å².